The molecular weight excluding hydrogens is 338 g/mol. The van der Waals surface area contributed by atoms with Gasteiger partial charge in [-0.05, 0) is 37.5 Å². The zero-order valence-electron chi connectivity index (χ0n) is 14.9. The normalized spacial score (nSPS) is 10.8. The topological polar surface area (TPSA) is 67.0 Å². The Bertz CT molecular complexity index is 714. The molecular formula is C19H26ClN3O2. The highest BCUT2D eigenvalue weighted by Crippen LogP contribution is 2.13. The van der Waals surface area contributed by atoms with Gasteiger partial charge in [-0.2, -0.15) is 0 Å². The van der Waals surface area contributed by atoms with E-state index in [0.29, 0.717) is 36.1 Å². The molecule has 1 aromatic heterocycles. The van der Waals surface area contributed by atoms with Crippen molar-refractivity contribution in [2.24, 2.45) is 0 Å². The third kappa shape index (κ3) is 6.52. The van der Waals surface area contributed by atoms with Crippen molar-refractivity contribution in [2.45, 2.75) is 39.5 Å². The van der Waals surface area contributed by atoms with Crippen molar-refractivity contribution in [1.82, 2.24) is 9.97 Å². The van der Waals surface area contributed by atoms with Crippen molar-refractivity contribution in [3.8, 4) is 0 Å². The number of rotatable bonds is 10. The van der Waals surface area contributed by atoms with Gasteiger partial charge in [-0.15, -0.1) is 0 Å². The predicted octanol–water partition coefficient (Wildman–Crippen LogP) is 3.94. The van der Waals surface area contributed by atoms with Crippen molar-refractivity contribution >= 4 is 17.5 Å². The van der Waals surface area contributed by atoms with E-state index in [1.165, 1.54) is 0 Å². The third-order valence-corrected chi connectivity index (χ3v) is 4.17. The van der Waals surface area contributed by atoms with E-state index < -0.39 is 0 Å². The fraction of sp³-hybridized carbons (Fsp3) is 0.474. The smallest absolute Gasteiger partial charge is 0.256 e. The highest BCUT2D eigenvalue weighted by molar-refractivity contribution is 6.30. The summed E-state index contributed by atoms with van der Waals surface area (Å²) < 4.78 is 5.51. The molecule has 2 rings (SSSR count). The van der Waals surface area contributed by atoms with Crippen molar-refractivity contribution in [3.63, 3.8) is 0 Å². The molecule has 6 heteroatoms. The molecule has 0 unspecified atom stereocenters. The second-order valence-electron chi connectivity index (χ2n) is 6.03. The molecule has 2 aromatic rings. The van der Waals surface area contributed by atoms with Crippen LogP contribution in [0.5, 0.6) is 0 Å². The molecule has 5 nitrogen and oxygen atoms in total. The maximum absolute atomic E-state index is 12.4. The van der Waals surface area contributed by atoms with Crippen LogP contribution in [0.2, 0.25) is 5.02 Å². The first-order chi connectivity index (χ1) is 12.1. The molecule has 0 amide bonds. The van der Waals surface area contributed by atoms with E-state index in [2.05, 4.69) is 22.2 Å². The maximum Gasteiger partial charge on any atom is 0.256 e. The summed E-state index contributed by atoms with van der Waals surface area (Å²) in [5.41, 5.74) is 2.34. The number of halogens is 1. The van der Waals surface area contributed by atoms with E-state index in [-0.39, 0.29) is 5.56 Å². The monoisotopic (exact) mass is 363 g/mol. The van der Waals surface area contributed by atoms with Crippen LogP contribution in [0.15, 0.2) is 29.1 Å². The number of hydrogen-bond donors (Lipinski definition) is 2. The van der Waals surface area contributed by atoms with Crippen LogP contribution < -0.4 is 10.9 Å². The number of unbranched alkanes of at least 4 members (excludes halogenated alkanes) is 1. The van der Waals surface area contributed by atoms with Gasteiger partial charge in [-0.1, -0.05) is 37.1 Å². The molecule has 136 valence electrons. The van der Waals surface area contributed by atoms with Crippen molar-refractivity contribution in [3.05, 3.63) is 56.5 Å². The van der Waals surface area contributed by atoms with Crippen molar-refractivity contribution in [2.75, 3.05) is 25.1 Å². The van der Waals surface area contributed by atoms with Gasteiger partial charge in [0.25, 0.3) is 5.56 Å². The number of ether oxygens (including phenoxy) is 1. The number of aryl methyl sites for hydroxylation is 1. The van der Waals surface area contributed by atoms with E-state index in [1.54, 1.807) is 0 Å². The number of aromatic nitrogens is 2. The first kappa shape index (κ1) is 19.5. The summed E-state index contributed by atoms with van der Waals surface area (Å²) in [6.45, 7) is 6.24. The van der Waals surface area contributed by atoms with Crippen LogP contribution in [-0.4, -0.2) is 29.7 Å². The summed E-state index contributed by atoms with van der Waals surface area (Å²) in [6.07, 6.45) is 3.65. The molecule has 0 spiro atoms. The Morgan fingerprint density at radius 1 is 1.20 bits per heavy atom. The Hall–Kier alpha value is -1.85. The van der Waals surface area contributed by atoms with E-state index in [1.807, 2.05) is 31.2 Å². The van der Waals surface area contributed by atoms with Crippen LogP contribution >= 0.6 is 11.6 Å². The Kier molecular flexibility index (Phi) is 7.95. The first-order valence-electron chi connectivity index (χ1n) is 8.76. The second kappa shape index (κ2) is 10.2. The molecule has 0 fully saturated rings. The van der Waals surface area contributed by atoms with Gasteiger partial charge < -0.3 is 10.1 Å². The molecule has 0 aliphatic rings. The molecule has 0 aliphatic heterocycles. The van der Waals surface area contributed by atoms with Crippen LogP contribution in [0.3, 0.4) is 0 Å². The Morgan fingerprint density at radius 2 is 1.92 bits per heavy atom. The largest absolute Gasteiger partial charge is 0.381 e. The molecule has 1 heterocycles. The molecule has 0 radical (unpaired) electrons. The maximum atomic E-state index is 12.4. The summed E-state index contributed by atoms with van der Waals surface area (Å²) in [5.74, 6) is 0.510. The second-order valence-corrected chi connectivity index (χ2v) is 6.46. The SMILES string of the molecule is CCCCOCCCNc1nc(C)c(Cc2ccc(Cl)cc2)c(=O)[nH]1. The van der Waals surface area contributed by atoms with Gasteiger partial charge in [0.2, 0.25) is 5.95 Å². The summed E-state index contributed by atoms with van der Waals surface area (Å²) in [5, 5.41) is 3.84. The molecule has 1 aromatic carbocycles. The molecule has 0 bridgehead atoms. The lowest BCUT2D eigenvalue weighted by atomic mass is 10.1. The van der Waals surface area contributed by atoms with Gasteiger partial charge in [0, 0.05) is 36.8 Å². The molecule has 25 heavy (non-hydrogen) atoms. The summed E-state index contributed by atoms with van der Waals surface area (Å²) in [4.78, 5) is 19.6. The minimum absolute atomic E-state index is 0.107. The average molecular weight is 364 g/mol. The fourth-order valence-electron chi connectivity index (χ4n) is 2.44. The summed E-state index contributed by atoms with van der Waals surface area (Å²) >= 11 is 5.90. The number of H-pyrrole nitrogens is 1. The van der Waals surface area contributed by atoms with Crippen molar-refractivity contribution < 1.29 is 4.74 Å². The number of nitrogens with one attached hydrogen (secondary N) is 2. The lowest BCUT2D eigenvalue weighted by Gasteiger charge is -2.09. The number of benzene rings is 1. The average Bonchev–Trinajstić information content (AvgIpc) is 2.59. The number of anilines is 1. The zero-order valence-corrected chi connectivity index (χ0v) is 15.7. The number of nitrogens with zero attached hydrogens (tertiary/aromatic N) is 1. The lowest BCUT2D eigenvalue weighted by molar-refractivity contribution is 0.131. The van der Waals surface area contributed by atoms with Gasteiger partial charge in [-0.25, -0.2) is 4.98 Å². The lowest BCUT2D eigenvalue weighted by Crippen LogP contribution is -2.20. The van der Waals surface area contributed by atoms with Gasteiger partial charge in [0.1, 0.15) is 0 Å². The molecule has 0 saturated carbocycles. The minimum Gasteiger partial charge on any atom is -0.381 e. The van der Waals surface area contributed by atoms with Gasteiger partial charge in [0.15, 0.2) is 0 Å². The van der Waals surface area contributed by atoms with E-state index in [4.69, 9.17) is 16.3 Å². The zero-order chi connectivity index (χ0) is 18.1. The van der Waals surface area contributed by atoms with E-state index >= 15 is 0 Å². The van der Waals surface area contributed by atoms with Gasteiger partial charge in [0.05, 0.1) is 5.69 Å². The van der Waals surface area contributed by atoms with Crippen LogP contribution in [-0.2, 0) is 11.2 Å². The van der Waals surface area contributed by atoms with Gasteiger partial charge >= 0.3 is 0 Å². The Labute approximate surface area is 153 Å². The van der Waals surface area contributed by atoms with Crippen LogP contribution in [0.25, 0.3) is 0 Å². The van der Waals surface area contributed by atoms with Crippen LogP contribution in [0, 0.1) is 6.92 Å². The summed E-state index contributed by atoms with van der Waals surface area (Å²) in [7, 11) is 0. The van der Waals surface area contributed by atoms with Gasteiger partial charge in [-0.3, -0.25) is 9.78 Å². The Morgan fingerprint density at radius 3 is 2.60 bits per heavy atom. The third-order valence-electron chi connectivity index (χ3n) is 3.92. The first-order valence-corrected chi connectivity index (χ1v) is 9.13. The molecule has 2 N–H and O–H groups in total. The Balaban J connectivity index is 1.88. The number of hydrogen-bond acceptors (Lipinski definition) is 4. The summed E-state index contributed by atoms with van der Waals surface area (Å²) in [6, 6.07) is 7.50. The quantitative estimate of drug-likeness (QED) is 0.627. The molecule has 0 atom stereocenters. The number of aromatic amines is 1. The highest BCUT2D eigenvalue weighted by atomic mass is 35.5. The molecule has 0 saturated heterocycles. The fourth-order valence-corrected chi connectivity index (χ4v) is 2.56. The van der Waals surface area contributed by atoms with Crippen LogP contribution in [0.4, 0.5) is 5.95 Å². The standard InChI is InChI=1S/C19H26ClN3O2/c1-3-4-11-25-12-5-10-21-19-22-14(2)17(18(24)23-19)13-15-6-8-16(20)9-7-15/h6-9H,3-5,10-13H2,1-2H3,(H2,21,22,23,24). The van der Waals surface area contributed by atoms with Crippen molar-refractivity contribution in [1.29, 1.82) is 0 Å². The minimum atomic E-state index is -0.107. The van der Waals surface area contributed by atoms with E-state index in [0.717, 1.165) is 37.1 Å². The predicted molar refractivity (Wildman–Crippen MR) is 103 cm³/mol. The molecule has 0 aliphatic carbocycles. The van der Waals surface area contributed by atoms with Crippen LogP contribution in [0.1, 0.15) is 43.0 Å². The highest BCUT2D eigenvalue weighted by Gasteiger charge is 2.09. The van der Waals surface area contributed by atoms with E-state index in [9.17, 15) is 4.79 Å².